The van der Waals surface area contributed by atoms with Crippen molar-refractivity contribution in [1.82, 2.24) is 0 Å². The Morgan fingerprint density at radius 1 is 0.308 bits per heavy atom. The molecule has 29 aromatic rings. The molecule has 5 aliphatic carbocycles. The predicted octanol–water partition coefficient (Wildman–Crippen LogP) is 18.8. The van der Waals surface area contributed by atoms with E-state index in [-0.39, 0.29) is 4.90 Å². The number of benzene rings is 19. The van der Waals surface area contributed by atoms with Crippen molar-refractivity contribution in [3.63, 3.8) is 0 Å². The Hall–Kier alpha value is -9.19. The molecular weight excluding hydrogens is 969 g/mol. The van der Waals surface area contributed by atoms with Crippen LogP contribution in [0.1, 0.15) is 50.1 Å². The average Bonchev–Trinajstić information content (AvgIpc) is 1.43. The fourth-order valence-electron chi connectivity index (χ4n) is 26.1. The van der Waals surface area contributed by atoms with Crippen molar-refractivity contribution in [2.24, 2.45) is 0 Å². The fraction of sp³-hybridized carbons (Fsp3) is 0.0541. The van der Waals surface area contributed by atoms with Crippen LogP contribution in [0.25, 0.3) is 280 Å². The van der Waals surface area contributed by atoms with Crippen molar-refractivity contribution in [2.45, 2.75) is 29.1 Å². The van der Waals surface area contributed by atoms with E-state index in [1.165, 1.54) is 190 Å². The van der Waals surface area contributed by atoms with Gasteiger partial charge < -0.3 is 0 Å². The largest absolute Gasteiger partial charge is 0.294 e. The summed E-state index contributed by atoms with van der Waals surface area (Å²) in [7, 11) is -4.75. The van der Waals surface area contributed by atoms with Crippen molar-refractivity contribution in [3.8, 4) is 0 Å². The minimum atomic E-state index is -4.75. The van der Waals surface area contributed by atoms with Crippen LogP contribution in [0.2, 0.25) is 0 Å². The van der Waals surface area contributed by atoms with Gasteiger partial charge in [0.1, 0.15) is 0 Å². The molecule has 1 N–H and O–H groups in total. The third-order valence-corrected chi connectivity index (χ3v) is 27.4. The third kappa shape index (κ3) is 1.80. The smallest absolute Gasteiger partial charge is 0.282 e. The molecule has 0 aromatic heterocycles. The number of rotatable bonds is 4. The Morgan fingerprint density at radius 2 is 0.564 bits per heavy atom. The van der Waals surface area contributed by atoms with Crippen LogP contribution in [-0.2, 0) is 27.4 Å². The topological polar surface area (TPSA) is 54.4 Å². The Morgan fingerprint density at radius 3 is 0.923 bits per heavy atom. The summed E-state index contributed by atoms with van der Waals surface area (Å²) < 4.78 is 41.9. The first kappa shape index (κ1) is 31.1. The van der Waals surface area contributed by atoms with E-state index >= 15 is 0 Å². The lowest BCUT2D eigenvalue weighted by molar-refractivity contribution is 0.480. The quantitative estimate of drug-likeness (QED) is 0.141. The molecule has 78 heavy (non-hydrogen) atoms. The van der Waals surface area contributed by atoms with Crippen LogP contribution in [-0.4, -0.2) is 13.0 Å². The summed E-state index contributed by atoms with van der Waals surface area (Å²) in [5.74, 6) is 0. The SMILES string of the molecule is Cc1ccc(S(=O)(=O)O)c(C23c4c5c6c7c8c9c%10c%11c(c2c2c%12c3c3c%13c4c6c4c6c7c7c8c8c%10c%10c%14c%11c2c2c%11c%12c%12c3c3c%13c4c4c6c6c7c7c8c%10c8c(c%142)c2c%11c%12c%10c3c4c3c%10c2c8c7c63)C59Cc2ccccc2)c1. The van der Waals surface area contributed by atoms with E-state index in [0.717, 1.165) is 17.5 Å². The van der Waals surface area contributed by atoms with Crippen LogP contribution in [0, 0.1) is 6.92 Å². The summed E-state index contributed by atoms with van der Waals surface area (Å²) >= 11 is 0. The van der Waals surface area contributed by atoms with Crippen LogP contribution >= 0.6 is 0 Å². The lowest BCUT2D eigenvalue weighted by Gasteiger charge is -2.49. The molecule has 29 aromatic carbocycles. The lowest BCUT2D eigenvalue weighted by Crippen LogP contribution is -2.45. The third-order valence-electron chi connectivity index (χ3n) is 26.5. The normalized spacial score (nSPS) is 20.9. The van der Waals surface area contributed by atoms with Gasteiger partial charge in [-0.2, -0.15) is 8.42 Å². The maximum absolute atomic E-state index is 14.9. The molecule has 0 heterocycles. The molecular formula is C74H14O3S. The van der Waals surface area contributed by atoms with Crippen LogP contribution in [0.4, 0.5) is 0 Å². The highest BCUT2D eigenvalue weighted by molar-refractivity contribution is 7.86. The van der Waals surface area contributed by atoms with Gasteiger partial charge in [-0.1, -0.05) is 48.0 Å². The van der Waals surface area contributed by atoms with Crippen molar-refractivity contribution in [3.05, 3.63) is 98.6 Å². The molecule has 2 atom stereocenters. The van der Waals surface area contributed by atoms with E-state index in [9.17, 15) is 13.0 Å². The van der Waals surface area contributed by atoms with Crippen LogP contribution in [0.3, 0.4) is 0 Å². The lowest BCUT2D eigenvalue weighted by atomic mass is 9.51. The van der Waals surface area contributed by atoms with E-state index in [4.69, 9.17) is 0 Å². The molecule has 0 saturated carbocycles. The highest BCUT2D eigenvalue weighted by atomic mass is 32.2. The fourth-order valence-corrected chi connectivity index (χ4v) is 26.9. The molecule has 0 radical (unpaired) electrons. The highest BCUT2D eigenvalue weighted by Crippen LogP contribution is 2.85. The van der Waals surface area contributed by atoms with E-state index in [0.29, 0.717) is 0 Å². The zero-order valence-electron chi connectivity index (χ0n) is 40.0. The Labute approximate surface area is 428 Å². The summed E-state index contributed by atoms with van der Waals surface area (Å²) in [4.78, 5) is 0.0604. The molecule has 2 unspecified atom stereocenters. The maximum Gasteiger partial charge on any atom is 0.294 e. The molecule has 3 nitrogen and oxygen atoms in total. The van der Waals surface area contributed by atoms with Gasteiger partial charge in [0.25, 0.3) is 10.1 Å². The number of hydrogen-bond acceptors (Lipinski definition) is 2. The molecule has 0 aliphatic heterocycles. The van der Waals surface area contributed by atoms with E-state index < -0.39 is 20.9 Å². The summed E-state index contributed by atoms with van der Waals surface area (Å²) in [5.41, 5.74) is 10.0. The molecule has 0 bridgehead atoms. The number of hydrogen-bond donors (Lipinski definition) is 1. The zero-order valence-corrected chi connectivity index (χ0v) is 40.8. The zero-order chi connectivity index (χ0) is 47.7. The first-order valence-corrected chi connectivity index (χ1v) is 29.8. The molecule has 5 aliphatic rings. The molecule has 4 heteroatoms. The van der Waals surface area contributed by atoms with Crippen molar-refractivity contribution < 1.29 is 13.0 Å². The Bertz CT molecular complexity index is 8130. The van der Waals surface area contributed by atoms with Crippen LogP contribution < -0.4 is 0 Å². The van der Waals surface area contributed by atoms with Gasteiger partial charge in [-0.3, -0.25) is 4.55 Å². The summed E-state index contributed by atoms with van der Waals surface area (Å²) in [6, 6.07) is 17.5. The first-order chi connectivity index (χ1) is 38.4. The Kier molecular flexibility index (Phi) is 2.91. The predicted molar refractivity (Wildman–Crippen MR) is 322 cm³/mol. The standard InChI is InChI=1S/C74H14O3S/c1-11-7-8-14(78(75,76)77)13(9-11)74-68-60-51-44-31-24-18-17-19-15-16-20(18)29(31)35-33-22(16)25-21(15)32-34-28(19)30-23(17)26-27(24)38-45-37(26)46-43(30)50-48(34)52-39(32)41-36(25)42-40(33)53(49(35)51)64(68)66-55(42)54(41)65-63(52)67-59(50)56(46)61-58(45)62(57(60)47(38)44)71(74)69(61)73(67,70(65)72(66)74)10-12-5-3-2-4-6-12/h2-9H,10H2,1H3,(H,75,76,77). The molecule has 34 rings (SSSR count). The van der Waals surface area contributed by atoms with Crippen molar-refractivity contribution in [2.75, 3.05) is 0 Å². The van der Waals surface area contributed by atoms with Gasteiger partial charge in [0.15, 0.2) is 0 Å². The summed E-state index contributed by atoms with van der Waals surface area (Å²) in [5, 5.41) is 78.6. The minimum Gasteiger partial charge on any atom is -0.282 e. The molecule has 0 saturated heterocycles. The maximum atomic E-state index is 14.9. The minimum absolute atomic E-state index is 0.0604. The van der Waals surface area contributed by atoms with Gasteiger partial charge in [-0.15, -0.1) is 0 Å². The van der Waals surface area contributed by atoms with Crippen molar-refractivity contribution in [1.29, 1.82) is 0 Å². The number of aryl methyl sites for hydroxylation is 1. The molecule has 334 valence electrons. The molecule has 0 spiro atoms. The average molecular weight is 983 g/mol. The Balaban J connectivity index is 1.13. The van der Waals surface area contributed by atoms with Gasteiger partial charge in [-0.05, 0) is 344 Å². The van der Waals surface area contributed by atoms with E-state index in [1.807, 2.05) is 6.07 Å². The van der Waals surface area contributed by atoms with Crippen LogP contribution in [0.15, 0.2) is 53.4 Å². The summed E-state index contributed by atoms with van der Waals surface area (Å²) in [6.07, 6.45) is 0.820. The van der Waals surface area contributed by atoms with E-state index in [1.54, 1.807) is 136 Å². The second-order valence-electron chi connectivity index (χ2n) is 27.5. The second-order valence-corrected chi connectivity index (χ2v) is 28.9. The van der Waals surface area contributed by atoms with Gasteiger partial charge >= 0.3 is 0 Å². The first-order valence-electron chi connectivity index (χ1n) is 28.3. The van der Waals surface area contributed by atoms with Crippen LogP contribution in [0.5, 0.6) is 0 Å². The second kappa shape index (κ2) is 7.29. The van der Waals surface area contributed by atoms with Gasteiger partial charge in [-0.25, -0.2) is 0 Å². The van der Waals surface area contributed by atoms with Crippen molar-refractivity contribution >= 4 is 290 Å². The molecule has 0 amide bonds. The van der Waals surface area contributed by atoms with Gasteiger partial charge in [0.05, 0.1) is 15.7 Å². The molecule has 0 fully saturated rings. The van der Waals surface area contributed by atoms with Gasteiger partial charge in [0.2, 0.25) is 0 Å². The monoisotopic (exact) mass is 982 g/mol. The van der Waals surface area contributed by atoms with E-state index in [2.05, 4.69) is 43.3 Å². The summed E-state index contributed by atoms with van der Waals surface area (Å²) in [6.45, 7) is 2.15. The van der Waals surface area contributed by atoms with Gasteiger partial charge in [0, 0.05) is 0 Å². The highest BCUT2D eigenvalue weighted by Gasteiger charge is 2.67.